The van der Waals surface area contributed by atoms with E-state index in [1.54, 1.807) is 24.9 Å². The van der Waals surface area contributed by atoms with Crippen molar-refractivity contribution in [1.82, 2.24) is 9.78 Å². The fourth-order valence-electron chi connectivity index (χ4n) is 2.81. The van der Waals surface area contributed by atoms with Gasteiger partial charge in [0.2, 0.25) is 0 Å². The first kappa shape index (κ1) is 17.6. The Morgan fingerprint density at radius 3 is 2.46 bits per heavy atom. The van der Waals surface area contributed by atoms with E-state index in [2.05, 4.69) is 5.10 Å². The van der Waals surface area contributed by atoms with Crippen molar-refractivity contribution < 1.29 is 4.79 Å². The maximum absolute atomic E-state index is 12.9. The molecule has 0 saturated carbocycles. The lowest BCUT2D eigenvalue weighted by Crippen LogP contribution is -2.38. The van der Waals surface area contributed by atoms with Crippen LogP contribution in [0.25, 0.3) is 11.3 Å². The zero-order chi connectivity index (χ0) is 18.7. The Labute approximate surface area is 152 Å². The molecule has 132 valence electrons. The average Bonchev–Trinajstić information content (AvgIpc) is 2.67. The Kier molecular flexibility index (Phi) is 4.98. The van der Waals surface area contributed by atoms with Crippen molar-refractivity contribution in [1.29, 1.82) is 0 Å². The fraction of sp³-hybridized carbons (Fsp3) is 0.190. The molecule has 5 heteroatoms. The van der Waals surface area contributed by atoms with Crippen LogP contribution in [0.3, 0.4) is 0 Å². The number of hydrogen-bond donors (Lipinski definition) is 0. The molecule has 0 aliphatic rings. The summed E-state index contributed by atoms with van der Waals surface area (Å²) < 4.78 is 1.25. The van der Waals surface area contributed by atoms with Crippen molar-refractivity contribution in [2.45, 2.75) is 19.9 Å². The number of hydrogen-bond acceptors (Lipinski definition) is 3. The van der Waals surface area contributed by atoms with Gasteiger partial charge in [-0.1, -0.05) is 42.5 Å². The highest BCUT2D eigenvalue weighted by molar-refractivity contribution is 5.95. The van der Waals surface area contributed by atoms with Crippen LogP contribution < -0.4 is 10.5 Å². The van der Waals surface area contributed by atoms with Gasteiger partial charge in [0.15, 0.2) is 0 Å². The number of aryl methyl sites for hydroxylation is 1. The van der Waals surface area contributed by atoms with Crippen LogP contribution in [-0.2, 0) is 4.79 Å². The summed E-state index contributed by atoms with van der Waals surface area (Å²) in [5.74, 6) is -0.199. The van der Waals surface area contributed by atoms with E-state index in [0.717, 1.165) is 16.8 Å². The summed E-state index contributed by atoms with van der Waals surface area (Å²) in [6, 6.07) is 19.7. The standard InChI is InChI=1S/C21H21N3O2/c1-15-8-7-11-18(14-15)23(3)21(26)16(2)24-20(25)13-12-19(22-24)17-9-5-4-6-10-17/h4-14,16H,1-3H3. The van der Waals surface area contributed by atoms with Gasteiger partial charge in [-0.2, -0.15) is 5.10 Å². The number of benzene rings is 2. The second-order valence-electron chi connectivity index (χ2n) is 6.28. The van der Waals surface area contributed by atoms with E-state index in [4.69, 9.17) is 0 Å². The van der Waals surface area contributed by atoms with Crippen LogP contribution in [0.15, 0.2) is 71.5 Å². The molecule has 0 saturated heterocycles. The first-order chi connectivity index (χ1) is 12.5. The third-order valence-corrected chi connectivity index (χ3v) is 4.34. The minimum Gasteiger partial charge on any atom is -0.314 e. The number of rotatable bonds is 4. The fourth-order valence-corrected chi connectivity index (χ4v) is 2.81. The van der Waals surface area contributed by atoms with E-state index in [-0.39, 0.29) is 11.5 Å². The molecule has 3 rings (SSSR count). The van der Waals surface area contributed by atoms with Crippen molar-refractivity contribution in [3.8, 4) is 11.3 Å². The lowest BCUT2D eigenvalue weighted by atomic mass is 10.1. The average molecular weight is 347 g/mol. The maximum Gasteiger partial charge on any atom is 0.267 e. The van der Waals surface area contributed by atoms with Crippen LogP contribution in [0.5, 0.6) is 0 Å². The molecule has 5 nitrogen and oxygen atoms in total. The van der Waals surface area contributed by atoms with Crippen LogP contribution >= 0.6 is 0 Å². The summed E-state index contributed by atoms with van der Waals surface area (Å²) in [6.45, 7) is 3.67. The largest absolute Gasteiger partial charge is 0.314 e. The Balaban J connectivity index is 1.93. The molecule has 0 radical (unpaired) electrons. The van der Waals surface area contributed by atoms with Gasteiger partial charge in [0, 0.05) is 24.4 Å². The number of carbonyl (C=O) groups excluding carboxylic acids is 1. The second kappa shape index (κ2) is 7.35. The lowest BCUT2D eigenvalue weighted by molar-refractivity contribution is -0.121. The van der Waals surface area contributed by atoms with E-state index in [1.165, 1.54) is 10.7 Å². The van der Waals surface area contributed by atoms with Gasteiger partial charge < -0.3 is 4.90 Å². The van der Waals surface area contributed by atoms with Crippen LogP contribution in [0.1, 0.15) is 18.5 Å². The van der Waals surface area contributed by atoms with Crippen molar-refractivity contribution in [3.05, 3.63) is 82.6 Å². The Hall–Kier alpha value is -3.21. The van der Waals surface area contributed by atoms with E-state index in [9.17, 15) is 9.59 Å². The molecule has 0 N–H and O–H groups in total. The van der Waals surface area contributed by atoms with E-state index < -0.39 is 6.04 Å². The van der Waals surface area contributed by atoms with Crippen LogP contribution in [0.2, 0.25) is 0 Å². The molecular weight excluding hydrogens is 326 g/mol. The topological polar surface area (TPSA) is 55.2 Å². The minimum atomic E-state index is -0.711. The number of amides is 1. The maximum atomic E-state index is 12.9. The Morgan fingerprint density at radius 1 is 1.04 bits per heavy atom. The number of anilines is 1. The first-order valence-electron chi connectivity index (χ1n) is 8.47. The highest BCUT2D eigenvalue weighted by Gasteiger charge is 2.22. The SMILES string of the molecule is Cc1cccc(N(C)C(=O)C(C)n2nc(-c3ccccc3)ccc2=O)c1. The van der Waals surface area contributed by atoms with Crippen LogP contribution in [0.4, 0.5) is 5.69 Å². The van der Waals surface area contributed by atoms with Gasteiger partial charge >= 0.3 is 0 Å². The molecule has 1 heterocycles. The highest BCUT2D eigenvalue weighted by Crippen LogP contribution is 2.19. The molecular formula is C21H21N3O2. The number of likely N-dealkylation sites (N-methyl/N-ethyl adjacent to an activating group) is 1. The van der Waals surface area contributed by atoms with Gasteiger partial charge in [0.25, 0.3) is 11.5 Å². The summed E-state index contributed by atoms with van der Waals surface area (Å²) in [6.07, 6.45) is 0. The normalized spacial score (nSPS) is 11.8. The lowest BCUT2D eigenvalue weighted by Gasteiger charge is -2.22. The molecule has 1 aromatic heterocycles. The molecule has 3 aromatic rings. The van der Waals surface area contributed by atoms with Crippen LogP contribution in [0, 0.1) is 6.92 Å². The molecule has 2 aromatic carbocycles. The number of carbonyl (C=O) groups is 1. The monoisotopic (exact) mass is 347 g/mol. The second-order valence-corrected chi connectivity index (χ2v) is 6.28. The van der Waals surface area contributed by atoms with Crippen molar-refractivity contribution in [3.63, 3.8) is 0 Å². The Morgan fingerprint density at radius 2 is 1.77 bits per heavy atom. The number of nitrogens with zero attached hydrogens (tertiary/aromatic N) is 3. The van der Waals surface area contributed by atoms with Gasteiger partial charge in [-0.25, -0.2) is 4.68 Å². The molecule has 1 atom stereocenters. The summed E-state index contributed by atoms with van der Waals surface area (Å²) in [5.41, 5.74) is 3.10. The third-order valence-electron chi connectivity index (χ3n) is 4.34. The van der Waals surface area contributed by atoms with E-state index in [0.29, 0.717) is 5.69 Å². The predicted molar refractivity (Wildman–Crippen MR) is 103 cm³/mol. The Bertz CT molecular complexity index is 980. The predicted octanol–water partition coefficient (Wildman–Crippen LogP) is 3.44. The van der Waals surface area contributed by atoms with E-state index >= 15 is 0 Å². The van der Waals surface area contributed by atoms with Crippen molar-refractivity contribution >= 4 is 11.6 Å². The first-order valence-corrected chi connectivity index (χ1v) is 8.47. The molecule has 0 fully saturated rings. The summed E-state index contributed by atoms with van der Waals surface area (Å²) in [7, 11) is 1.71. The number of aromatic nitrogens is 2. The third kappa shape index (κ3) is 3.57. The van der Waals surface area contributed by atoms with Gasteiger partial charge in [0.1, 0.15) is 6.04 Å². The summed E-state index contributed by atoms with van der Waals surface area (Å²) in [4.78, 5) is 26.7. The van der Waals surface area contributed by atoms with Gasteiger partial charge in [0.05, 0.1) is 5.69 Å². The van der Waals surface area contributed by atoms with Crippen molar-refractivity contribution in [2.24, 2.45) is 0 Å². The molecule has 26 heavy (non-hydrogen) atoms. The van der Waals surface area contributed by atoms with E-state index in [1.807, 2.05) is 61.5 Å². The van der Waals surface area contributed by atoms with Crippen LogP contribution in [-0.4, -0.2) is 22.7 Å². The zero-order valence-electron chi connectivity index (χ0n) is 15.1. The molecule has 0 aliphatic carbocycles. The molecule has 0 spiro atoms. The quantitative estimate of drug-likeness (QED) is 0.726. The van der Waals surface area contributed by atoms with Gasteiger partial charge in [-0.15, -0.1) is 0 Å². The molecule has 0 aliphatic heterocycles. The molecule has 1 amide bonds. The summed E-state index contributed by atoms with van der Waals surface area (Å²) in [5, 5.41) is 4.41. The summed E-state index contributed by atoms with van der Waals surface area (Å²) >= 11 is 0. The van der Waals surface area contributed by atoms with Gasteiger partial charge in [-0.3, -0.25) is 9.59 Å². The smallest absolute Gasteiger partial charge is 0.267 e. The zero-order valence-corrected chi connectivity index (χ0v) is 15.1. The van der Waals surface area contributed by atoms with Crippen molar-refractivity contribution in [2.75, 3.05) is 11.9 Å². The minimum absolute atomic E-state index is 0.199. The molecule has 0 bridgehead atoms. The highest BCUT2D eigenvalue weighted by atomic mass is 16.2. The molecule has 1 unspecified atom stereocenters. The van der Waals surface area contributed by atoms with Gasteiger partial charge in [-0.05, 0) is 37.6 Å².